The predicted octanol–water partition coefficient (Wildman–Crippen LogP) is 6.72. The average Bonchev–Trinajstić information content (AvgIpc) is 2.71. The zero-order chi connectivity index (χ0) is 21.0. The molecule has 2 heteroatoms. The van der Waals surface area contributed by atoms with Crippen LogP contribution < -0.4 is 5.32 Å². The number of nitrogens with one attached hydrogen (secondary N) is 1. The maximum Gasteiger partial charge on any atom is 0.112 e. The molecule has 1 N–H and O–H groups in total. The second kappa shape index (κ2) is 9.17. The molecule has 0 heterocycles. The largest absolute Gasteiger partial charge is 0.497 e. The van der Waals surface area contributed by atoms with Crippen LogP contribution in [0.4, 0.5) is 0 Å². The summed E-state index contributed by atoms with van der Waals surface area (Å²) in [6.07, 6.45) is 8.20. The van der Waals surface area contributed by atoms with E-state index in [1.165, 1.54) is 36.0 Å². The summed E-state index contributed by atoms with van der Waals surface area (Å²) >= 11 is 0. The monoisotopic (exact) mass is 391 g/mol. The zero-order valence-corrected chi connectivity index (χ0v) is 18.7. The van der Waals surface area contributed by atoms with Crippen molar-refractivity contribution in [3.8, 4) is 0 Å². The second-order valence-electron chi connectivity index (χ2n) is 9.17. The maximum atomic E-state index is 5.48. The van der Waals surface area contributed by atoms with E-state index < -0.39 is 0 Å². The van der Waals surface area contributed by atoms with Crippen LogP contribution in [-0.2, 0) is 11.3 Å². The van der Waals surface area contributed by atoms with Gasteiger partial charge in [0.05, 0.1) is 7.11 Å². The fraction of sp³-hybridized carbons (Fsp3) is 0.481. The molecule has 1 fully saturated rings. The Morgan fingerprint density at radius 2 is 1.93 bits per heavy atom. The molecule has 0 unspecified atom stereocenters. The summed E-state index contributed by atoms with van der Waals surface area (Å²) in [5.74, 6) is 1.99. The van der Waals surface area contributed by atoms with E-state index >= 15 is 0 Å². The molecule has 1 aromatic rings. The minimum Gasteiger partial charge on any atom is -0.497 e. The van der Waals surface area contributed by atoms with E-state index in [4.69, 9.17) is 4.74 Å². The van der Waals surface area contributed by atoms with E-state index in [2.05, 4.69) is 75.7 Å². The van der Waals surface area contributed by atoms with Crippen molar-refractivity contribution in [1.29, 1.82) is 0 Å². The molecular formula is C27H37NO. The summed E-state index contributed by atoms with van der Waals surface area (Å²) in [5.41, 5.74) is 6.98. The minimum absolute atomic E-state index is 0.0878. The number of fused-ring (bicyclic) bond motifs is 1. The summed E-state index contributed by atoms with van der Waals surface area (Å²) in [6, 6.07) is 10.7. The van der Waals surface area contributed by atoms with Gasteiger partial charge in [-0.05, 0) is 87.5 Å². The Labute approximate surface area is 177 Å². The number of hydrogen-bond donors (Lipinski definition) is 1. The van der Waals surface area contributed by atoms with Crippen LogP contribution in [-0.4, -0.2) is 12.6 Å². The normalized spacial score (nSPS) is 28.2. The van der Waals surface area contributed by atoms with Crippen molar-refractivity contribution in [2.75, 3.05) is 7.11 Å². The minimum atomic E-state index is -0.0878. The fourth-order valence-corrected chi connectivity index (χ4v) is 5.13. The van der Waals surface area contributed by atoms with Crippen LogP contribution in [0.1, 0.15) is 58.4 Å². The van der Waals surface area contributed by atoms with Crippen LogP contribution >= 0.6 is 0 Å². The molecular weight excluding hydrogens is 354 g/mol. The van der Waals surface area contributed by atoms with Crippen molar-refractivity contribution in [2.45, 2.75) is 65.0 Å². The van der Waals surface area contributed by atoms with Gasteiger partial charge in [-0.2, -0.15) is 0 Å². The standard InChI is InChI=1S/C27H37NO/c1-19(2)16-24-13-12-23-14-15-27(5,28-18-22-10-8-7-9-11-22)25(17-20(3)29-6)26(23)21(24)4/h7-11,17,23-24,28H,1,3,12-16,18H2,2,4-6H3/b25-17+/t23-,24+,27-/m0/s1. The van der Waals surface area contributed by atoms with Gasteiger partial charge in [-0.3, -0.25) is 0 Å². The first-order valence-corrected chi connectivity index (χ1v) is 10.9. The molecule has 29 heavy (non-hydrogen) atoms. The van der Waals surface area contributed by atoms with Crippen LogP contribution in [0.5, 0.6) is 0 Å². The number of ether oxygens (including phenoxy) is 1. The third-order valence-corrected chi connectivity index (χ3v) is 6.87. The molecule has 2 aliphatic carbocycles. The van der Waals surface area contributed by atoms with E-state index in [0.717, 1.165) is 25.1 Å². The summed E-state index contributed by atoms with van der Waals surface area (Å²) < 4.78 is 5.48. The molecule has 2 aliphatic rings. The summed E-state index contributed by atoms with van der Waals surface area (Å²) in [6.45, 7) is 16.0. The Balaban J connectivity index is 1.98. The lowest BCUT2D eigenvalue weighted by atomic mass is 9.62. The smallest absolute Gasteiger partial charge is 0.112 e. The lowest BCUT2D eigenvalue weighted by Crippen LogP contribution is -2.48. The van der Waals surface area contributed by atoms with Crippen LogP contribution in [0, 0.1) is 11.8 Å². The second-order valence-corrected chi connectivity index (χ2v) is 9.17. The highest BCUT2D eigenvalue weighted by atomic mass is 16.5. The highest BCUT2D eigenvalue weighted by Crippen LogP contribution is 2.50. The molecule has 0 aliphatic heterocycles. The Morgan fingerprint density at radius 3 is 2.59 bits per heavy atom. The van der Waals surface area contributed by atoms with Crippen molar-refractivity contribution < 1.29 is 4.74 Å². The van der Waals surface area contributed by atoms with Crippen LogP contribution in [0.2, 0.25) is 0 Å². The molecule has 156 valence electrons. The van der Waals surface area contributed by atoms with E-state index in [1.54, 1.807) is 18.3 Å². The molecule has 0 saturated heterocycles. The maximum absolute atomic E-state index is 5.48. The molecule has 1 saturated carbocycles. The summed E-state index contributed by atoms with van der Waals surface area (Å²) in [5, 5.41) is 3.89. The number of benzene rings is 1. The zero-order valence-electron chi connectivity index (χ0n) is 18.7. The molecule has 0 aromatic heterocycles. The molecule has 0 bridgehead atoms. The lowest BCUT2D eigenvalue weighted by Gasteiger charge is -2.47. The predicted molar refractivity (Wildman–Crippen MR) is 123 cm³/mol. The molecule has 0 radical (unpaired) electrons. The first-order chi connectivity index (χ1) is 13.8. The summed E-state index contributed by atoms with van der Waals surface area (Å²) in [4.78, 5) is 0. The van der Waals surface area contributed by atoms with Gasteiger partial charge in [0, 0.05) is 12.1 Å². The quantitative estimate of drug-likeness (QED) is 0.411. The van der Waals surface area contributed by atoms with Crippen molar-refractivity contribution in [2.24, 2.45) is 11.8 Å². The number of rotatable bonds is 7. The van der Waals surface area contributed by atoms with Crippen LogP contribution in [0.15, 0.2) is 77.6 Å². The van der Waals surface area contributed by atoms with Crippen LogP contribution in [0.3, 0.4) is 0 Å². The van der Waals surface area contributed by atoms with E-state index in [1.807, 2.05) is 0 Å². The number of methoxy groups -OCH3 is 1. The van der Waals surface area contributed by atoms with Crippen molar-refractivity contribution in [3.63, 3.8) is 0 Å². The molecule has 0 spiro atoms. The Kier molecular flexibility index (Phi) is 6.85. The average molecular weight is 392 g/mol. The first-order valence-electron chi connectivity index (χ1n) is 10.9. The van der Waals surface area contributed by atoms with E-state index in [-0.39, 0.29) is 5.54 Å². The molecule has 3 atom stereocenters. The van der Waals surface area contributed by atoms with Crippen molar-refractivity contribution >= 4 is 0 Å². The Morgan fingerprint density at radius 1 is 1.21 bits per heavy atom. The van der Waals surface area contributed by atoms with Crippen molar-refractivity contribution in [3.05, 3.63) is 83.2 Å². The highest BCUT2D eigenvalue weighted by Gasteiger charge is 2.41. The topological polar surface area (TPSA) is 21.3 Å². The van der Waals surface area contributed by atoms with E-state index in [0.29, 0.717) is 11.8 Å². The van der Waals surface area contributed by atoms with Gasteiger partial charge in [-0.25, -0.2) is 0 Å². The van der Waals surface area contributed by atoms with Gasteiger partial charge in [-0.1, -0.05) is 48.1 Å². The van der Waals surface area contributed by atoms with Gasteiger partial charge in [0.15, 0.2) is 0 Å². The van der Waals surface area contributed by atoms with Gasteiger partial charge in [-0.15, -0.1) is 6.58 Å². The fourth-order valence-electron chi connectivity index (χ4n) is 5.13. The van der Waals surface area contributed by atoms with E-state index in [9.17, 15) is 0 Å². The SMILES string of the molecule is C=C(C)C[C@H]1CC[C@H]2CC[C@](C)(NCc3ccccc3)/C(=C/C(=C)OC)C2=C1C. The molecule has 2 nitrogen and oxygen atoms in total. The number of allylic oxidation sites excluding steroid dienone is 3. The summed E-state index contributed by atoms with van der Waals surface area (Å²) in [7, 11) is 1.71. The Hall–Kier alpha value is -2.06. The van der Waals surface area contributed by atoms with Crippen molar-refractivity contribution in [1.82, 2.24) is 5.32 Å². The first kappa shape index (κ1) is 21.6. The molecule has 1 aromatic carbocycles. The third kappa shape index (κ3) is 4.93. The van der Waals surface area contributed by atoms with Gasteiger partial charge in [0.2, 0.25) is 0 Å². The Bertz CT molecular complexity index is 816. The van der Waals surface area contributed by atoms with Gasteiger partial charge < -0.3 is 10.1 Å². The van der Waals surface area contributed by atoms with Gasteiger partial charge in [0.1, 0.15) is 5.76 Å². The molecule has 0 amide bonds. The van der Waals surface area contributed by atoms with Gasteiger partial charge in [0.25, 0.3) is 0 Å². The van der Waals surface area contributed by atoms with Gasteiger partial charge >= 0.3 is 0 Å². The lowest BCUT2D eigenvalue weighted by molar-refractivity contribution is 0.277. The number of hydrogen-bond acceptors (Lipinski definition) is 2. The third-order valence-electron chi connectivity index (χ3n) is 6.87. The molecule has 3 rings (SSSR count). The van der Waals surface area contributed by atoms with Crippen LogP contribution in [0.25, 0.3) is 0 Å². The highest BCUT2D eigenvalue weighted by molar-refractivity contribution is 5.50.